The molecule has 0 unspecified atom stereocenters. The van der Waals surface area contributed by atoms with Crippen LogP contribution in [0.5, 0.6) is 0 Å². The topological polar surface area (TPSA) is 55.8 Å². The highest BCUT2D eigenvalue weighted by Gasteiger charge is 2.47. The molecule has 0 aromatic heterocycles. The van der Waals surface area contributed by atoms with E-state index < -0.39 is 5.60 Å². The number of rotatable bonds is 1. The molecule has 5 nitrogen and oxygen atoms in total. The number of ether oxygens (including phenoxy) is 2. The molecule has 0 aliphatic carbocycles. The SMILES string of the molecule is CC1(C)OC(=O)C[C@@H]1C(=O)N1CCOCC1. The first-order chi connectivity index (χ1) is 7.50. The van der Waals surface area contributed by atoms with Crippen molar-refractivity contribution >= 4 is 11.9 Å². The average Bonchev–Trinajstić information content (AvgIpc) is 2.52. The van der Waals surface area contributed by atoms with Gasteiger partial charge in [0.25, 0.3) is 0 Å². The van der Waals surface area contributed by atoms with E-state index in [1.54, 1.807) is 18.7 Å². The first-order valence-electron chi connectivity index (χ1n) is 5.59. The van der Waals surface area contributed by atoms with Gasteiger partial charge in [0.2, 0.25) is 5.91 Å². The molecule has 0 aromatic rings. The third-order valence-electron chi connectivity index (χ3n) is 3.21. The van der Waals surface area contributed by atoms with Gasteiger partial charge in [0.1, 0.15) is 5.60 Å². The fraction of sp³-hybridized carbons (Fsp3) is 0.818. The molecule has 0 saturated carbocycles. The van der Waals surface area contributed by atoms with Crippen molar-refractivity contribution in [1.29, 1.82) is 0 Å². The van der Waals surface area contributed by atoms with E-state index in [4.69, 9.17) is 9.47 Å². The van der Waals surface area contributed by atoms with Crippen LogP contribution in [0.1, 0.15) is 20.3 Å². The maximum Gasteiger partial charge on any atom is 0.307 e. The number of hydrogen-bond acceptors (Lipinski definition) is 4. The number of cyclic esters (lactones) is 1. The number of esters is 1. The minimum Gasteiger partial charge on any atom is -0.459 e. The van der Waals surface area contributed by atoms with Gasteiger partial charge in [-0.05, 0) is 13.8 Å². The molecule has 2 aliphatic heterocycles. The standard InChI is InChI=1S/C11H17NO4/c1-11(2)8(7-9(13)16-11)10(14)12-3-5-15-6-4-12/h8H,3-7H2,1-2H3/t8-/m1/s1. The molecule has 1 amide bonds. The Morgan fingerprint density at radius 2 is 2.00 bits per heavy atom. The van der Waals surface area contributed by atoms with Crippen LogP contribution in [0.4, 0.5) is 0 Å². The Balaban J connectivity index is 2.06. The van der Waals surface area contributed by atoms with Gasteiger partial charge in [0.15, 0.2) is 0 Å². The predicted octanol–water partition coefficient (Wildman–Crippen LogP) is 0.187. The summed E-state index contributed by atoms with van der Waals surface area (Å²) in [7, 11) is 0. The lowest BCUT2D eigenvalue weighted by atomic mass is 9.89. The van der Waals surface area contributed by atoms with Crippen molar-refractivity contribution in [2.75, 3.05) is 26.3 Å². The molecule has 0 spiro atoms. The molecule has 0 bridgehead atoms. The normalized spacial score (nSPS) is 29.0. The lowest BCUT2D eigenvalue weighted by Crippen LogP contribution is -2.47. The zero-order valence-electron chi connectivity index (χ0n) is 9.69. The first kappa shape index (κ1) is 11.4. The van der Waals surface area contributed by atoms with Crippen molar-refractivity contribution in [2.24, 2.45) is 5.92 Å². The third-order valence-corrected chi connectivity index (χ3v) is 3.21. The van der Waals surface area contributed by atoms with Gasteiger partial charge in [-0.25, -0.2) is 0 Å². The molecule has 2 aliphatic rings. The van der Waals surface area contributed by atoms with Crippen LogP contribution in [0.3, 0.4) is 0 Å². The summed E-state index contributed by atoms with van der Waals surface area (Å²) < 4.78 is 10.3. The Morgan fingerprint density at radius 1 is 1.38 bits per heavy atom. The molecule has 90 valence electrons. The summed E-state index contributed by atoms with van der Waals surface area (Å²) in [4.78, 5) is 25.2. The fourth-order valence-electron chi connectivity index (χ4n) is 2.21. The van der Waals surface area contributed by atoms with E-state index in [1.807, 2.05) is 0 Å². The summed E-state index contributed by atoms with van der Waals surface area (Å²) in [6.07, 6.45) is 0.198. The second-order valence-corrected chi connectivity index (χ2v) is 4.77. The van der Waals surface area contributed by atoms with Gasteiger partial charge >= 0.3 is 5.97 Å². The van der Waals surface area contributed by atoms with Crippen molar-refractivity contribution in [3.8, 4) is 0 Å². The second kappa shape index (κ2) is 4.05. The molecule has 2 fully saturated rings. The number of nitrogens with zero attached hydrogens (tertiary/aromatic N) is 1. The summed E-state index contributed by atoms with van der Waals surface area (Å²) >= 11 is 0. The largest absolute Gasteiger partial charge is 0.459 e. The van der Waals surface area contributed by atoms with Gasteiger partial charge < -0.3 is 14.4 Å². The highest BCUT2D eigenvalue weighted by atomic mass is 16.6. The number of morpholine rings is 1. The van der Waals surface area contributed by atoms with E-state index in [0.717, 1.165) is 0 Å². The second-order valence-electron chi connectivity index (χ2n) is 4.77. The van der Waals surface area contributed by atoms with Gasteiger partial charge in [-0.3, -0.25) is 9.59 Å². The molecule has 2 rings (SSSR count). The van der Waals surface area contributed by atoms with Gasteiger partial charge in [-0.2, -0.15) is 0 Å². The maximum atomic E-state index is 12.2. The Kier molecular flexibility index (Phi) is 2.88. The van der Waals surface area contributed by atoms with Gasteiger partial charge in [-0.15, -0.1) is 0 Å². The maximum absolute atomic E-state index is 12.2. The Hall–Kier alpha value is -1.10. The minimum absolute atomic E-state index is 0.0131. The smallest absolute Gasteiger partial charge is 0.307 e. The molecule has 2 heterocycles. The summed E-state index contributed by atoms with van der Waals surface area (Å²) in [5, 5.41) is 0. The molecular formula is C11H17NO4. The van der Waals surface area contributed by atoms with E-state index in [1.165, 1.54) is 0 Å². The zero-order valence-corrected chi connectivity index (χ0v) is 9.69. The van der Waals surface area contributed by atoms with Crippen molar-refractivity contribution < 1.29 is 19.1 Å². The van der Waals surface area contributed by atoms with Crippen LogP contribution in [0.2, 0.25) is 0 Å². The number of hydrogen-bond donors (Lipinski definition) is 0. The third kappa shape index (κ3) is 2.04. The number of carbonyl (C=O) groups excluding carboxylic acids is 2. The Labute approximate surface area is 94.7 Å². The molecular weight excluding hydrogens is 210 g/mol. The number of amides is 1. The van der Waals surface area contributed by atoms with Crippen LogP contribution in [0, 0.1) is 5.92 Å². The van der Waals surface area contributed by atoms with Gasteiger partial charge in [0, 0.05) is 13.1 Å². The lowest BCUT2D eigenvalue weighted by Gasteiger charge is -2.32. The van der Waals surface area contributed by atoms with Crippen LogP contribution >= 0.6 is 0 Å². The molecule has 2 saturated heterocycles. The summed E-state index contributed by atoms with van der Waals surface area (Å²) in [6, 6.07) is 0. The minimum atomic E-state index is -0.674. The van der Waals surface area contributed by atoms with Crippen LogP contribution in [-0.2, 0) is 19.1 Å². The highest BCUT2D eigenvalue weighted by Crippen LogP contribution is 2.33. The fourth-order valence-corrected chi connectivity index (χ4v) is 2.21. The molecule has 5 heteroatoms. The van der Waals surface area contributed by atoms with Crippen molar-refractivity contribution in [1.82, 2.24) is 4.90 Å². The van der Waals surface area contributed by atoms with E-state index in [-0.39, 0.29) is 24.2 Å². The van der Waals surface area contributed by atoms with Crippen molar-refractivity contribution in [2.45, 2.75) is 25.9 Å². The van der Waals surface area contributed by atoms with E-state index in [0.29, 0.717) is 26.3 Å². The van der Waals surface area contributed by atoms with Gasteiger partial charge in [-0.1, -0.05) is 0 Å². The van der Waals surface area contributed by atoms with Crippen LogP contribution in [0.25, 0.3) is 0 Å². The average molecular weight is 227 g/mol. The van der Waals surface area contributed by atoms with Crippen LogP contribution in [0.15, 0.2) is 0 Å². The molecule has 0 radical (unpaired) electrons. The summed E-state index contributed by atoms with van der Waals surface area (Å²) in [6.45, 7) is 5.96. The molecule has 0 N–H and O–H groups in total. The number of carbonyl (C=O) groups is 2. The Bertz CT molecular complexity index is 307. The molecule has 16 heavy (non-hydrogen) atoms. The predicted molar refractivity (Wildman–Crippen MR) is 55.7 cm³/mol. The monoisotopic (exact) mass is 227 g/mol. The van der Waals surface area contributed by atoms with Gasteiger partial charge in [0.05, 0.1) is 25.6 Å². The van der Waals surface area contributed by atoms with E-state index >= 15 is 0 Å². The summed E-state index contributed by atoms with van der Waals surface area (Å²) in [5.41, 5.74) is -0.674. The van der Waals surface area contributed by atoms with Crippen LogP contribution < -0.4 is 0 Å². The zero-order chi connectivity index (χ0) is 11.8. The van der Waals surface area contributed by atoms with E-state index in [2.05, 4.69) is 0 Å². The quantitative estimate of drug-likeness (QED) is 0.600. The molecule has 0 aromatic carbocycles. The van der Waals surface area contributed by atoms with E-state index in [9.17, 15) is 9.59 Å². The summed E-state index contributed by atoms with van der Waals surface area (Å²) in [5.74, 6) is -0.617. The van der Waals surface area contributed by atoms with Crippen molar-refractivity contribution in [3.63, 3.8) is 0 Å². The Morgan fingerprint density at radius 3 is 2.50 bits per heavy atom. The van der Waals surface area contributed by atoms with Crippen molar-refractivity contribution in [3.05, 3.63) is 0 Å². The van der Waals surface area contributed by atoms with Crippen LogP contribution in [-0.4, -0.2) is 48.7 Å². The highest BCUT2D eigenvalue weighted by molar-refractivity contribution is 5.87. The first-order valence-corrected chi connectivity index (χ1v) is 5.59. The molecule has 1 atom stereocenters. The lowest BCUT2D eigenvalue weighted by molar-refractivity contribution is -0.150.